The number of carbonyl (C=O) groups is 3. The number of ether oxygens (including phenoxy) is 1. The summed E-state index contributed by atoms with van der Waals surface area (Å²) in [5.41, 5.74) is 2.26. The summed E-state index contributed by atoms with van der Waals surface area (Å²) < 4.78 is 6.82. The quantitative estimate of drug-likeness (QED) is 0.561. The van der Waals surface area contributed by atoms with Crippen LogP contribution in [-0.4, -0.2) is 45.8 Å². The van der Waals surface area contributed by atoms with Crippen molar-refractivity contribution in [2.24, 2.45) is 7.05 Å². The summed E-state index contributed by atoms with van der Waals surface area (Å²) in [7, 11) is 1.76. The lowest BCUT2D eigenvalue weighted by molar-refractivity contribution is -0.132. The number of hydrogen-bond acceptors (Lipinski definition) is 4. The summed E-state index contributed by atoms with van der Waals surface area (Å²) in [4.78, 5) is 39.4. The van der Waals surface area contributed by atoms with Crippen molar-refractivity contribution in [2.75, 3.05) is 6.61 Å². The van der Waals surface area contributed by atoms with Gasteiger partial charge in [-0.1, -0.05) is 6.92 Å². The SMILES string of the molecule is CCOC(=O)c1c(C)c(C(=O)C(C)N(C(=O)CC)C2CC2)c(C)n1C. The second kappa shape index (κ2) is 7.42. The van der Waals surface area contributed by atoms with E-state index in [4.69, 9.17) is 4.74 Å². The van der Waals surface area contributed by atoms with Crippen LogP contribution in [0.3, 0.4) is 0 Å². The van der Waals surface area contributed by atoms with Crippen LogP contribution in [0.2, 0.25) is 0 Å². The standard InChI is InChI=1S/C19H28N2O4/c1-7-15(22)21(14-9-10-14)13(5)18(23)16-11(3)17(19(24)25-8-2)20(6)12(16)4/h13-14H,7-10H2,1-6H3. The van der Waals surface area contributed by atoms with E-state index in [-0.39, 0.29) is 24.3 Å². The van der Waals surface area contributed by atoms with E-state index in [0.717, 1.165) is 18.5 Å². The van der Waals surface area contributed by atoms with Gasteiger partial charge in [-0.2, -0.15) is 0 Å². The van der Waals surface area contributed by atoms with Crippen molar-refractivity contribution < 1.29 is 19.1 Å². The monoisotopic (exact) mass is 348 g/mol. The fourth-order valence-electron chi connectivity index (χ4n) is 3.44. The molecule has 25 heavy (non-hydrogen) atoms. The average molecular weight is 348 g/mol. The van der Waals surface area contributed by atoms with Crippen molar-refractivity contribution in [3.05, 3.63) is 22.5 Å². The van der Waals surface area contributed by atoms with Crippen LogP contribution in [0.5, 0.6) is 0 Å². The highest BCUT2D eigenvalue weighted by molar-refractivity contribution is 6.06. The third-order valence-electron chi connectivity index (χ3n) is 4.97. The summed E-state index contributed by atoms with van der Waals surface area (Å²) in [5.74, 6) is -0.545. The third kappa shape index (κ3) is 3.48. The second-order valence-corrected chi connectivity index (χ2v) is 6.64. The Labute approximate surface area is 149 Å². The molecule has 1 aromatic heterocycles. The molecule has 1 aliphatic carbocycles. The van der Waals surface area contributed by atoms with Gasteiger partial charge in [0.15, 0.2) is 5.78 Å². The number of carbonyl (C=O) groups excluding carboxylic acids is 3. The van der Waals surface area contributed by atoms with Gasteiger partial charge in [-0.05, 0) is 46.1 Å². The first-order valence-corrected chi connectivity index (χ1v) is 8.94. The van der Waals surface area contributed by atoms with Crippen LogP contribution in [0.1, 0.15) is 72.1 Å². The molecular weight excluding hydrogens is 320 g/mol. The van der Waals surface area contributed by atoms with Gasteiger partial charge >= 0.3 is 5.97 Å². The molecule has 1 heterocycles. The normalized spacial score (nSPS) is 15.0. The molecule has 0 aliphatic heterocycles. The summed E-state index contributed by atoms with van der Waals surface area (Å²) >= 11 is 0. The zero-order valence-electron chi connectivity index (χ0n) is 16.0. The Morgan fingerprint density at radius 2 is 1.84 bits per heavy atom. The van der Waals surface area contributed by atoms with Crippen LogP contribution < -0.4 is 0 Å². The molecule has 1 unspecified atom stereocenters. The summed E-state index contributed by atoms with van der Waals surface area (Å²) in [5, 5.41) is 0. The van der Waals surface area contributed by atoms with Gasteiger partial charge in [-0.25, -0.2) is 4.79 Å². The molecule has 0 aromatic carbocycles. The first-order chi connectivity index (χ1) is 11.8. The van der Waals surface area contributed by atoms with Gasteiger partial charge in [-0.3, -0.25) is 9.59 Å². The third-order valence-corrected chi connectivity index (χ3v) is 4.97. The molecule has 1 atom stereocenters. The zero-order valence-corrected chi connectivity index (χ0v) is 16.0. The van der Waals surface area contributed by atoms with Gasteiger partial charge in [0.2, 0.25) is 5.91 Å². The Kier molecular flexibility index (Phi) is 5.70. The average Bonchev–Trinajstić information content (AvgIpc) is 3.36. The van der Waals surface area contributed by atoms with Crippen LogP contribution in [0.15, 0.2) is 0 Å². The van der Waals surface area contributed by atoms with Crippen LogP contribution in [0.4, 0.5) is 0 Å². The van der Waals surface area contributed by atoms with Gasteiger partial charge in [0.25, 0.3) is 0 Å². The van der Waals surface area contributed by atoms with Gasteiger partial charge in [-0.15, -0.1) is 0 Å². The van der Waals surface area contributed by atoms with Crippen LogP contribution in [0.25, 0.3) is 0 Å². The largest absolute Gasteiger partial charge is 0.461 e. The maximum absolute atomic E-state index is 13.2. The Balaban J connectivity index is 2.40. The van der Waals surface area contributed by atoms with Crippen molar-refractivity contribution in [3.8, 4) is 0 Å². The van der Waals surface area contributed by atoms with Crippen LogP contribution in [-0.2, 0) is 16.6 Å². The molecule has 2 rings (SSSR count). The molecule has 0 N–H and O–H groups in total. The minimum absolute atomic E-state index is 0.000188. The van der Waals surface area contributed by atoms with E-state index in [1.54, 1.807) is 37.3 Å². The van der Waals surface area contributed by atoms with Gasteiger partial charge in [0.1, 0.15) is 5.69 Å². The highest BCUT2D eigenvalue weighted by Gasteiger charge is 2.39. The molecule has 0 spiro atoms. The number of Topliss-reactive ketones (excluding diaryl/α,β-unsaturated/α-hetero) is 1. The van der Waals surface area contributed by atoms with Crippen molar-refractivity contribution in [2.45, 2.75) is 66.0 Å². The van der Waals surface area contributed by atoms with E-state index >= 15 is 0 Å². The lowest BCUT2D eigenvalue weighted by atomic mass is 9.99. The molecule has 1 saturated carbocycles. The summed E-state index contributed by atoms with van der Waals surface area (Å²) in [6.45, 7) is 9.21. The fourth-order valence-corrected chi connectivity index (χ4v) is 3.44. The number of hydrogen-bond donors (Lipinski definition) is 0. The maximum Gasteiger partial charge on any atom is 0.355 e. The zero-order chi connectivity index (χ0) is 18.9. The molecule has 6 nitrogen and oxygen atoms in total. The number of ketones is 1. The van der Waals surface area contributed by atoms with E-state index in [1.807, 2.05) is 13.8 Å². The maximum atomic E-state index is 13.2. The molecule has 0 saturated heterocycles. The van der Waals surface area contributed by atoms with Gasteiger partial charge in [0, 0.05) is 30.8 Å². The van der Waals surface area contributed by atoms with Gasteiger partial charge in [0.05, 0.1) is 12.6 Å². The molecule has 0 bridgehead atoms. The molecule has 6 heteroatoms. The highest BCUT2D eigenvalue weighted by atomic mass is 16.5. The van der Waals surface area contributed by atoms with Crippen LogP contribution >= 0.6 is 0 Å². The first-order valence-electron chi connectivity index (χ1n) is 8.94. The van der Waals surface area contributed by atoms with Gasteiger partial charge < -0.3 is 14.2 Å². The second-order valence-electron chi connectivity index (χ2n) is 6.64. The predicted molar refractivity (Wildman–Crippen MR) is 94.8 cm³/mol. The number of aromatic nitrogens is 1. The fraction of sp³-hybridized carbons (Fsp3) is 0.632. The molecule has 1 amide bonds. The molecule has 0 radical (unpaired) electrons. The predicted octanol–water partition coefficient (Wildman–Crippen LogP) is 2.79. The number of nitrogens with zero attached hydrogens (tertiary/aromatic N) is 2. The van der Waals surface area contributed by atoms with E-state index in [1.165, 1.54) is 0 Å². The van der Waals surface area contributed by atoms with Crippen LogP contribution in [0, 0.1) is 13.8 Å². The Morgan fingerprint density at radius 3 is 2.32 bits per heavy atom. The topological polar surface area (TPSA) is 68.6 Å². The molecular formula is C19H28N2O4. The number of esters is 1. The smallest absolute Gasteiger partial charge is 0.355 e. The molecule has 1 aromatic rings. The Morgan fingerprint density at radius 1 is 1.24 bits per heavy atom. The minimum atomic E-state index is -0.533. The molecule has 1 aliphatic rings. The van der Waals surface area contributed by atoms with E-state index < -0.39 is 12.0 Å². The first kappa shape index (κ1) is 19.2. The lowest BCUT2D eigenvalue weighted by Crippen LogP contribution is -2.44. The van der Waals surface area contributed by atoms with Crippen molar-refractivity contribution in [3.63, 3.8) is 0 Å². The molecule has 1 fully saturated rings. The van der Waals surface area contributed by atoms with E-state index in [9.17, 15) is 14.4 Å². The van der Waals surface area contributed by atoms with Crippen molar-refractivity contribution in [1.82, 2.24) is 9.47 Å². The minimum Gasteiger partial charge on any atom is -0.461 e. The summed E-state index contributed by atoms with van der Waals surface area (Å²) in [6, 6.07) is -0.366. The Hall–Kier alpha value is -2.11. The highest BCUT2D eigenvalue weighted by Crippen LogP contribution is 2.32. The van der Waals surface area contributed by atoms with Crippen molar-refractivity contribution in [1.29, 1.82) is 0 Å². The molecule has 138 valence electrons. The Bertz CT molecular complexity index is 701. The van der Waals surface area contributed by atoms with Crippen molar-refractivity contribution >= 4 is 17.7 Å². The van der Waals surface area contributed by atoms with E-state index in [0.29, 0.717) is 23.2 Å². The van der Waals surface area contributed by atoms with E-state index in [2.05, 4.69) is 0 Å². The number of rotatable bonds is 7. The lowest BCUT2D eigenvalue weighted by Gasteiger charge is -2.28. The number of amides is 1. The summed E-state index contributed by atoms with van der Waals surface area (Å²) in [6.07, 6.45) is 2.28.